The summed E-state index contributed by atoms with van der Waals surface area (Å²) in [5, 5.41) is 8.47. The van der Waals surface area contributed by atoms with Gasteiger partial charge in [0.1, 0.15) is 0 Å². The number of hydrogen-bond donors (Lipinski definition) is 0. The maximum atomic E-state index is 11.5. The van der Waals surface area contributed by atoms with Crippen molar-refractivity contribution in [2.24, 2.45) is 0 Å². The van der Waals surface area contributed by atoms with Crippen molar-refractivity contribution in [1.82, 2.24) is 0 Å². The van der Waals surface area contributed by atoms with E-state index in [1.54, 1.807) is 18.2 Å². The lowest BCUT2D eigenvalue weighted by molar-refractivity contribution is 0.0997. The van der Waals surface area contributed by atoms with E-state index >= 15 is 0 Å². The monoisotopic (exact) mass is 233 g/mol. The Hall–Kier alpha value is -2.02. The van der Waals surface area contributed by atoms with Gasteiger partial charge in [0.25, 0.3) is 0 Å². The van der Waals surface area contributed by atoms with Gasteiger partial charge in [-0.1, -0.05) is 0 Å². The third-order valence-corrected chi connectivity index (χ3v) is 2.09. The van der Waals surface area contributed by atoms with Crippen molar-refractivity contribution in [2.45, 2.75) is 26.4 Å². The number of Topliss-reactive ketones (excluding diaryl/α,β-unsaturated/α-hetero) is 1. The van der Waals surface area contributed by atoms with Crippen LogP contribution in [0.25, 0.3) is 0 Å². The highest BCUT2D eigenvalue weighted by atomic mass is 16.5. The number of methoxy groups -OCH3 is 1. The molecule has 0 spiro atoms. The zero-order valence-corrected chi connectivity index (χ0v) is 10.2. The first-order chi connectivity index (χ1) is 8.08. The van der Waals surface area contributed by atoms with Crippen molar-refractivity contribution >= 4 is 5.78 Å². The summed E-state index contributed by atoms with van der Waals surface area (Å²) in [6.45, 7) is 3.82. The molecule has 0 N–H and O–H groups in total. The second-order valence-corrected chi connectivity index (χ2v) is 3.79. The fraction of sp³-hybridized carbons (Fsp3) is 0.385. The molecule has 17 heavy (non-hydrogen) atoms. The van der Waals surface area contributed by atoms with E-state index in [1.165, 1.54) is 7.11 Å². The van der Waals surface area contributed by atoms with Gasteiger partial charge < -0.3 is 9.47 Å². The Balaban J connectivity index is 3.00. The molecule has 0 bridgehead atoms. The van der Waals surface area contributed by atoms with Crippen LogP contribution in [0.5, 0.6) is 11.5 Å². The van der Waals surface area contributed by atoms with E-state index in [1.807, 2.05) is 19.9 Å². The molecule has 1 aromatic carbocycles. The molecule has 4 heteroatoms. The molecule has 4 nitrogen and oxygen atoms in total. The molecule has 0 aromatic heterocycles. The van der Waals surface area contributed by atoms with Crippen molar-refractivity contribution in [2.75, 3.05) is 7.11 Å². The Labute approximate surface area is 101 Å². The predicted octanol–water partition coefficient (Wildman–Crippen LogP) is 2.58. The van der Waals surface area contributed by atoms with Crippen LogP contribution in [-0.2, 0) is 0 Å². The summed E-state index contributed by atoms with van der Waals surface area (Å²) in [5.41, 5.74) is 0.458. The molecule has 0 fully saturated rings. The number of hydrogen-bond acceptors (Lipinski definition) is 4. The Morgan fingerprint density at radius 3 is 2.65 bits per heavy atom. The number of rotatable bonds is 5. The predicted molar refractivity (Wildman–Crippen MR) is 63.3 cm³/mol. The van der Waals surface area contributed by atoms with Gasteiger partial charge in [0.15, 0.2) is 17.3 Å². The zero-order chi connectivity index (χ0) is 12.8. The molecule has 0 saturated carbocycles. The molecular formula is C13H15NO3. The molecule has 1 aromatic rings. The van der Waals surface area contributed by atoms with Crippen LogP contribution in [0.4, 0.5) is 0 Å². The maximum absolute atomic E-state index is 11.5. The molecule has 0 aliphatic carbocycles. The summed E-state index contributed by atoms with van der Waals surface area (Å²) in [6.07, 6.45) is -0.0994. The van der Waals surface area contributed by atoms with Crippen LogP contribution in [0.3, 0.4) is 0 Å². The number of carbonyl (C=O) groups is 1. The van der Waals surface area contributed by atoms with Crippen molar-refractivity contribution in [3.8, 4) is 17.6 Å². The number of nitrogens with zero attached hydrogens (tertiary/aromatic N) is 1. The minimum absolute atomic E-state index is 0.0320. The average Bonchev–Trinajstić information content (AvgIpc) is 2.29. The van der Waals surface area contributed by atoms with Gasteiger partial charge in [-0.2, -0.15) is 5.26 Å². The van der Waals surface area contributed by atoms with E-state index in [2.05, 4.69) is 0 Å². The van der Waals surface area contributed by atoms with E-state index < -0.39 is 0 Å². The van der Waals surface area contributed by atoms with E-state index in [9.17, 15) is 4.79 Å². The normalized spacial score (nSPS) is 9.82. The summed E-state index contributed by atoms with van der Waals surface area (Å²) in [6, 6.07) is 6.75. The highest BCUT2D eigenvalue weighted by Gasteiger charge is 2.11. The Bertz CT molecular complexity index is 446. The van der Waals surface area contributed by atoms with Gasteiger partial charge in [-0.15, -0.1) is 0 Å². The van der Waals surface area contributed by atoms with Gasteiger partial charge in [0, 0.05) is 5.56 Å². The fourth-order valence-corrected chi connectivity index (χ4v) is 1.37. The summed E-state index contributed by atoms with van der Waals surface area (Å²) in [5.74, 6) is 0.875. The topological polar surface area (TPSA) is 59.3 Å². The van der Waals surface area contributed by atoms with Crippen molar-refractivity contribution < 1.29 is 14.3 Å². The van der Waals surface area contributed by atoms with Crippen LogP contribution in [0.15, 0.2) is 18.2 Å². The molecular weight excluding hydrogens is 218 g/mol. The maximum Gasteiger partial charge on any atom is 0.177 e. The lowest BCUT2D eigenvalue weighted by Crippen LogP contribution is -2.07. The number of ketones is 1. The third kappa shape index (κ3) is 3.49. The summed E-state index contributed by atoms with van der Waals surface area (Å²) < 4.78 is 10.7. The van der Waals surface area contributed by atoms with Crippen molar-refractivity contribution in [3.05, 3.63) is 23.8 Å². The van der Waals surface area contributed by atoms with E-state index in [4.69, 9.17) is 14.7 Å². The molecule has 0 atom stereocenters. The number of nitriles is 1. The van der Waals surface area contributed by atoms with Gasteiger partial charge in [-0.25, -0.2) is 0 Å². The van der Waals surface area contributed by atoms with Crippen molar-refractivity contribution in [1.29, 1.82) is 5.26 Å². The molecule has 0 aliphatic heterocycles. The van der Waals surface area contributed by atoms with E-state index in [0.29, 0.717) is 17.1 Å². The smallest absolute Gasteiger partial charge is 0.177 e. The first-order valence-corrected chi connectivity index (χ1v) is 5.33. The first-order valence-electron chi connectivity index (χ1n) is 5.33. The Kier molecular flexibility index (Phi) is 4.53. The largest absolute Gasteiger partial charge is 0.493 e. The number of ether oxygens (including phenoxy) is 2. The molecule has 0 aliphatic rings. The second-order valence-electron chi connectivity index (χ2n) is 3.79. The van der Waals surface area contributed by atoms with Gasteiger partial charge in [0.05, 0.1) is 25.7 Å². The number of benzene rings is 1. The summed E-state index contributed by atoms with van der Waals surface area (Å²) >= 11 is 0. The van der Waals surface area contributed by atoms with Crippen LogP contribution in [0, 0.1) is 11.3 Å². The molecule has 0 unspecified atom stereocenters. The third-order valence-electron chi connectivity index (χ3n) is 2.09. The van der Waals surface area contributed by atoms with Crippen LogP contribution in [-0.4, -0.2) is 19.0 Å². The summed E-state index contributed by atoms with van der Waals surface area (Å²) in [7, 11) is 1.51. The Morgan fingerprint density at radius 1 is 1.41 bits per heavy atom. The van der Waals surface area contributed by atoms with Gasteiger partial charge >= 0.3 is 0 Å². The van der Waals surface area contributed by atoms with Crippen LogP contribution in [0.1, 0.15) is 30.6 Å². The molecule has 0 radical (unpaired) electrons. The van der Waals surface area contributed by atoms with Gasteiger partial charge in [0.2, 0.25) is 0 Å². The van der Waals surface area contributed by atoms with Crippen LogP contribution >= 0.6 is 0 Å². The molecule has 90 valence electrons. The number of carbonyl (C=O) groups excluding carboxylic acids is 1. The SMILES string of the molecule is COc1cc(C(=O)CC#N)ccc1OC(C)C. The van der Waals surface area contributed by atoms with Crippen molar-refractivity contribution in [3.63, 3.8) is 0 Å². The standard InChI is InChI=1S/C13H15NO3/c1-9(2)17-12-5-4-10(8-13(12)16-3)11(15)6-7-14/h4-5,8-9H,6H2,1-3H3. The van der Waals surface area contributed by atoms with Crippen LogP contribution < -0.4 is 9.47 Å². The molecule has 0 amide bonds. The lowest BCUT2D eigenvalue weighted by Gasteiger charge is -2.13. The van der Waals surface area contributed by atoms with Crippen LogP contribution in [0.2, 0.25) is 0 Å². The minimum atomic E-state index is -0.220. The molecule has 1 rings (SSSR count). The second kappa shape index (κ2) is 5.90. The highest BCUT2D eigenvalue weighted by molar-refractivity contribution is 5.97. The van der Waals surface area contributed by atoms with E-state index in [0.717, 1.165) is 0 Å². The molecule has 0 saturated heterocycles. The summed E-state index contributed by atoms with van der Waals surface area (Å²) in [4.78, 5) is 11.5. The minimum Gasteiger partial charge on any atom is -0.493 e. The Morgan fingerprint density at radius 2 is 2.12 bits per heavy atom. The highest BCUT2D eigenvalue weighted by Crippen LogP contribution is 2.29. The lowest BCUT2D eigenvalue weighted by atomic mass is 10.1. The van der Waals surface area contributed by atoms with Gasteiger partial charge in [-0.3, -0.25) is 4.79 Å². The quantitative estimate of drug-likeness (QED) is 0.733. The van der Waals surface area contributed by atoms with Gasteiger partial charge in [-0.05, 0) is 32.0 Å². The first kappa shape index (κ1) is 13.0. The van der Waals surface area contributed by atoms with E-state index in [-0.39, 0.29) is 18.3 Å². The average molecular weight is 233 g/mol. The molecule has 0 heterocycles. The fourth-order valence-electron chi connectivity index (χ4n) is 1.37. The zero-order valence-electron chi connectivity index (χ0n) is 10.2.